The average Bonchev–Trinajstić information content (AvgIpc) is 2.65. The molecule has 1 N–H and O–H groups in total. The van der Waals surface area contributed by atoms with Crippen LogP contribution in [0.4, 0.5) is 5.69 Å². The lowest BCUT2D eigenvalue weighted by atomic mass is 9.84. The zero-order chi connectivity index (χ0) is 12.7. The molecule has 1 amide bonds. The first-order valence-electron chi connectivity index (χ1n) is 6.32. The molecule has 3 rings (SSSR count). The van der Waals surface area contributed by atoms with Gasteiger partial charge in [-0.2, -0.15) is 0 Å². The van der Waals surface area contributed by atoms with Crippen molar-refractivity contribution in [2.24, 2.45) is 5.92 Å². The maximum atomic E-state index is 12.4. The minimum atomic E-state index is -0.918. The summed E-state index contributed by atoms with van der Waals surface area (Å²) in [6, 6.07) is 6.75. The van der Waals surface area contributed by atoms with Crippen LogP contribution in [0.2, 0.25) is 0 Å². The highest BCUT2D eigenvalue weighted by Crippen LogP contribution is 2.37. The van der Waals surface area contributed by atoms with Gasteiger partial charge in [-0.05, 0) is 24.5 Å². The Morgan fingerprint density at radius 1 is 1.22 bits per heavy atom. The van der Waals surface area contributed by atoms with Gasteiger partial charge in [-0.3, -0.25) is 9.69 Å². The van der Waals surface area contributed by atoms with Crippen LogP contribution in [0, 0.1) is 5.92 Å². The molecule has 0 bridgehead atoms. The lowest BCUT2D eigenvalue weighted by molar-refractivity contribution is -0.140. The molecule has 1 aromatic carbocycles. The van der Waals surface area contributed by atoms with E-state index in [2.05, 4.69) is 0 Å². The number of nitrogens with zero attached hydrogens (tertiary/aromatic N) is 1. The van der Waals surface area contributed by atoms with E-state index in [0.717, 1.165) is 30.5 Å². The summed E-state index contributed by atoms with van der Waals surface area (Å²) in [7, 11) is 0. The lowest BCUT2D eigenvalue weighted by Gasteiger charge is -2.31. The third-order valence-electron chi connectivity index (χ3n) is 3.95. The van der Waals surface area contributed by atoms with Crippen molar-refractivity contribution in [3.63, 3.8) is 0 Å². The molecule has 1 unspecified atom stereocenters. The van der Waals surface area contributed by atoms with Crippen molar-refractivity contribution >= 4 is 17.6 Å². The largest absolute Gasteiger partial charge is 0.480 e. The van der Waals surface area contributed by atoms with Gasteiger partial charge >= 0.3 is 5.97 Å². The minimum Gasteiger partial charge on any atom is -0.480 e. The molecule has 1 fully saturated rings. The molecular weight excluding hydrogens is 230 g/mol. The SMILES string of the molecule is O=C(O)C1Cc2ccccc2N1C(=O)C1CCC1. The van der Waals surface area contributed by atoms with E-state index < -0.39 is 12.0 Å². The Morgan fingerprint density at radius 3 is 2.56 bits per heavy atom. The van der Waals surface area contributed by atoms with E-state index in [1.807, 2.05) is 24.3 Å². The van der Waals surface area contributed by atoms with E-state index in [1.54, 1.807) is 0 Å². The molecule has 0 aromatic heterocycles. The number of para-hydroxylation sites is 1. The molecule has 1 heterocycles. The van der Waals surface area contributed by atoms with Crippen molar-refractivity contribution in [3.8, 4) is 0 Å². The molecule has 94 valence electrons. The number of hydrogen-bond donors (Lipinski definition) is 1. The molecule has 1 saturated carbocycles. The molecule has 1 aromatic rings. The van der Waals surface area contributed by atoms with Gasteiger partial charge in [0.1, 0.15) is 6.04 Å². The molecule has 0 radical (unpaired) electrons. The fraction of sp³-hybridized carbons (Fsp3) is 0.429. The number of carboxylic acids is 1. The Labute approximate surface area is 105 Å². The smallest absolute Gasteiger partial charge is 0.327 e. The van der Waals surface area contributed by atoms with Gasteiger partial charge in [0, 0.05) is 18.0 Å². The average molecular weight is 245 g/mol. The molecule has 4 nitrogen and oxygen atoms in total. The molecule has 18 heavy (non-hydrogen) atoms. The predicted molar refractivity (Wildman–Crippen MR) is 66.4 cm³/mol. The molecule has 1 aliphatic heterocycles. The van der Waals surface area contributed by atoms with Gasteiger partial charge < -0.3 is 5.11 Å². The Morgan fingerprint density at radius 2 is 1.94 bits per heavy atom. The van der Waals surface area contributed by atoms with E-state index in [9.17, 15) is 14.7 Å². The molecular formula is C14H15NO3. The zero-order valence-electron chi connectivity index (χ0n) is 10.0. The number of amides is 1. The number of carbonyl (C=O) groups excluding carboxylic acids is 1. The number of carbonyl (C=O) groups is 2. The van der Waals surface area contributed by atoms with Gasteiger partial charge in [-0.15, -0.1) is 0 Å². The van der Waals surface area contributed by atoms with Crippen molar-refractivity contribution in [2.75, 3.05) is 4.90 Å². The van der Waals surface area contributed by atoms with Crippen molar-refractivity contribution in [2.45, 2.75) is 31.7 Å². The quantitative estimate of drug-likeness (QED) is 0.864. The minimum absolute atomic E-state index is 0.0152. The predicted octanol–water partition coefficient (Wildman–Crippen LogP) is 1.83. The van der Waals surface area contributed by atoms with E-state index in [0.29, 0.717) is 6.42 Å². The highest BCUT2D eigenvalue weighted by atomic mass is 16.4. The lowest BCUT2D eigenvalue weighted by Crippen LogP contribution is -2.47. The van der Waals surface area contributed by atoms with Gasteiger partial charge in [-0.1, -0.05) is 24.6 Å². The van der Waals surface area contributed by atoms with Gasteiger partial charge in [0.05, 0.1) is 0 Å². The molecule has 4 heteroatoms. The fourth-order valence-electron chi connectivity index (χ4n) is 2.71. The van der Waals surface area contributed by atoms with Gasteiger partial charge in [0.15, 0.2) is 0 Å². The normalized spacial score (nSPS) is 22.4. The summed E-state index contributed by atoms with van der Waals surface area (Å²) in [5.74, 6) is -0.907. The molecule has 0 spiro atoms. The molecule has 1 atom stereocenters. The summed E-state index contributed by atoms with van der Waals surface area (Å²) < 4.78 is 0. The van der Waals surface area contributed by atoms with Crippen molar-refractivity contribution < 1.29 is 14.7 Å². The second-order valence-corrected chi connectivity index (χ2v) is 5.02. The fourth-order valence-corrected chi connectivity index (χ4v) is 2.71. The summed E-state index contributed by atoms with van der Waals surface area (Å²) in [6.07, 6.45) is 3.28. The third-order valence-corrected chi connectivity index (χ3v) is 3.95. The van der Waals surface area contributed by atoms with Crippen LogP contribution >= 0.6 is 0 Å². The molecule has 2 aliphatic rings. The molecule has 1 aliphatic carbocycles. The first-order valence-corrected chi connectivity index (χ1v) is 6.32. The zero-order valence-corrected chi connectivity index (χ0v) is 10.0. The van der Waals surface area contributed by atoms with Crippen LogP contribution in [0.3, 0.4) is 0 Å². The summed E-state index contributed by atoms with van der Waals surface area (Å²) in [5.41, 5.74) is 1.74. The van der Waals surface area contributed by atoms with Gasteiger partial charge in [0.2, 0.25) is 5.91 Å². The number of aliphatic carboxylic acids is 1. The van der Waals surface area contributed by atoms with Crippen LogP contribution < -0.4 is 4.90 Å². The molecule has 0 saturated heterocycles. The van der Waals surface area contributed by atoms with E-state index in [4.69, 9.17) is 0 Å². The number of fused-ring (bicyclic) bond motifs is 1. The second-order valence-electron chi connectivity index (χ2n) is 5.02. The van der Waals surface area contributed by atoms with Crippen molar-refractivity contribution in [3.05, 3.63) is 29.8 Å². The van der Waals surface area contributed by atoms with E-state index >= 15 is 0 Å². The van der Waals surface area contributed by atoms with Crippen LogP contribution in [-0.4, -0.2) is 23.0 Å². The number of hydrogen-bond acceptors (Lipinski definition) is 2. The summed E-state index contributed by atoms with van der Waals surface area (Å²) in [5, 5.41) is 9.28. The monoisotopic (exact) mass is 245 g/mol. The Bertz CT molecular complexity index is 508. The van der Waals surface area contributed by atoms with Crippen LogP contribution in [-0.2, 0) is 16.0 Å². The van der Waals surface area contributed by atoms with Crippen LogP contribution in [0.1, 0.15) is 24.8 Å². The second kappa shape index (κ2) is 4.12. The standard InChI is InChI=1S/C14H15NO3/c16-13(9-5-3-6-9)15-11-7-2-1-4-10(11)8-12(15)14(17)18/h1-2,4,7,9,12H,3,5-6,8H2,(H,17,18). The highest BCUT2D eigenvalue weighted by molar-refractivity contribution is 6.03. The summed E-state index contributed by atoms with van der Waals surface area (Å²) >= 11 is 0. The summed E-state index contributed by atoms with van der Waals surface area (Å²) in [6.45, 7) is 0. The summed E-state index contributed by atoms with van der Waals surface area (Å²) in [4.78, 5) is 25.2. The number of benzene rings is 1. The first kappa shape index (κ1) is 11.3. The Hall–Kier alpha value is -1.84. The van der Waals surface area contributed by atoms with Crippen molar-refractivity contribution in [1.29, 1.82) is 0 Å². The Balaban J connectivity index is 1.97. The highest BCUT2D eigenvalue weighted by Gasteiger charge is 2.41. The maximum Gasteiger partial charge on any atom is 0.327 e. The first-order chi connectivity index (χ1) is 8.68. The van der Waals surface area contributed by atoms with Gasteiger partial charge in [-0.25, -0.2) is 4.79 Å². The number of rotatable bonds is 2. The van der Waals surface area contributed by atoms with Crippen LogP contribution in [0.15, 0.2) is 24.3 Å². The topological polar surface area (TPSA) is 57.6 Å². The Kier molecular flexibility index (Phi) is 2.58. The van der Waals surface area contributed by atoms with E-state index in [-0.39, 0.29) is 11.8 Å². The van der Waals surface area contributed by atoms with Crippen LogP contribution in [0.25, 0.3) is 0 Å². The third kappa shape index (κ3) is 1.60. The maximum absolute atomic E-state index is 12.4. The van der Waals surface area contributed by atoms with Gasteiger partial charge in [0.25, 0.3) is 0 Å². The van der Waals surface area contributed by atoms with Crippen LogP contribution in [0.5, 0.6) is 0 Å². The number of anilines is 1. The number of carboxylic acid groups (broad SMARTS) is 1. The van der Waals surface area contributed by atoms with E-state index in [1.165, 1.54) is 4.90 Å². The van der Waals surface area contributed by atoms with Crippen molar-refractivity contribution in [1.82, 2.24) is 0 Å².